The molecule has 0 amide bonds. The van der Waals surface area contributed by atoms with Crippen LogP contribution in [0.2, 0.25) is 0 Å². The summed E-state index contributed by atoms with van der Waals surface area (Å²) in [5.74, 6) is 0. The number of nitrogens with zero attached hydrogens (tertiary/aromatic N) is 1. The van der Waals surface area contributed by atoms with Crippen molar-refractivity contribution >= 4 is 5.69 Å². The van der Waals surface area contributed by atoms with E-state index in [4.69, 9.17) is 5.73 Å². The topological polar surface area (TPSA) is 29.3 Å². The first-order valence-corrected chi connectivity index (χ1v) is 7.80. The summed E-state index contributed by atoms with van der Waals surface area (Å²) in [4.78, 5) is 2.09. The molecule has 0 aliphatic heterocycles. The molecule has 2 N–H and O–H groups in total. The Morgan fingerprint density at radius 1 is 0.609 bits per heavy atom. The van der Waals surface area contributed by atoms with Gasteiger partial charge in [-0.25, -0.2) is 0 Å². The van der Waals surface area contributed by atoms with Crippen molar-refractivity contribution in [1.82, 2.24) is 0 Å². The molecular weight excluding hydrogens is 280 g/mol. The molecule has 116 valence electrons. The van der Waals surface area contributed by atoms with Crippen LogP contribution in [0.3, 0.4) is 0 Å². The predicted octanol–water partition coefficient (Wildman–Crippen LogP) is 4.00. The molecule has 3 aromatic rings. The number of hydrogen-bond acceptors (Lipinski definition) is 2. The minimum Gasteiger partial charge on any atom is -0.378 e. The van der Waals surface area contributed by atoms with E-state index in [9.17, 15) is 0 Å². The molecule has 2 heteroatoms. The second kappa shape index (κ2) is 6.27. The molecule has 0 aromatic heterocycles. The van der Waals surface area contributed by atoms with Gasteiger partial charge in [0.05, 0.1) is 5.54 Å². The van der Waals surface area contributed by atoms with E-state index in [0.29, 0.717) is 0 Å². The third-order valence-corrected chi connectivity index (χ3v) is 4.30. The van der Waals surface area contributed by atoms with Crippen LogP contribution in [0, 0.1) is 0 Å². The molecule has 0 radical (unpaired) electrons. The average Bonchev–Trinajstić information content (AvgIpc) is 2.62. The summed E-state index contributed by atoms with van der Waals surface area (Å²) in [6.45, 7) is 0. The zero-order valence-corrected chi connectivity index (χ0v) is 13.6. The lowest BCUT2D eigenvalue weighted by Gasteiger charge is -2.32. The molecule has 23 heavy (non-hydrogen) atoms. The molecule has 0 fully saturated rings. The predicted molar refractivity (Wildman–Crippen MR) is 97.7 cm³/mol. The molecule has 0 heterocycles. The normalized spacial score (nSPS) is 11.3. The third-order valence-electron chi connectivity index (χ3n) is 4.30. The van der Waals surface area contributed by atoms with Crippen LogP contribution in [0.25, 0.3) is 0 Å². The Kier molecular flexibility index (Phi) is 4.18. The van der Waals surface area contributed by atoms with E-state index in [1.54, 1.807) is 0 Å². The highest BCUT2D eigenvalue weighted by Gasteiger charge is 2.31. The summed E-state index contributed by atoms with van der Waals surface area (Å²) in [7, 11) is 4.08. The molecule has 0 unspecified atom stereocenters. The first-order chi connectivity index (χ1) is 11.1. The Morgan fingerprint density at radius 3 is 1.39 bits per heavy atom. The van der Waals surface area contributed by atoms with Crippen LogP contribution in [0.4, 0.5) is 5.69 Å². The van der Waals surface area contributed by atoms with Gasteiger partial charge in [-0.3, -0.25) is 0 Å². The van der Waals surface area contributed by atoms with E-state index in [0.717, 1.165) is 22.4 Å². The number of nitrogens with two attached hydrogens (primary N) is 1. The van der Waals surface area contributed by atoms with Gasteiger partial charge in [-0.05, 0) is 28.8 Å². The smallest absolute Gasteiger partial charge is 0.0922 e. The number of benzene rings is 3. The van der Waals surface area contributed by atoms with E-state index < -0.39 is 5.54 Å². The van der Waals surface area contributed by atoms with Crippen LogP contribution >= 0.6 is 0 Å². The Labute approximate surface area is 138 Å². The van der Waals surface area contributed by atoms with Crippen molar-refractivity contribution in [2.24, 2.45) is 5.73 Å². The SMILES string of the molecule is CN(C)c1ccc(C(N)(c2ccccc2)c2ccccc2)cc1. The monoisotopic (exact) mass is 302 g/mol. The first-order valence-electron chi connectivity index (χ1n) is 7.80. The molecule has 2 nitrogen and oxygen atoms in total. The van der Waals surface area contributed by atoms with Gasteiger partial charge in [-0.1, -0.05) is 72.8 Å². The zero-order valence-electron chi connectivity index (χ0n) is 13.6. The number of hydrogen-bond donors (Lipinski definition) is 1. The second-order valence-corrected chi connectivity index (χ2v) is 5.98. The van der Waals surface area contributed by atoms with Crippen molar-refractivity contribution in [3.8, 4) is 0 Å². The Bertz CT molecular complexity index is 707. The standard InChI is InChI=1S/C21H22N2/c1-23(2)20-15-13-19(14-16-20)21(22,17-9-5-3-6-10-17)18-11-7-4-8-12-18/h3-16H,22H2,1-2H3. The summed E-state index contributed by atoms with van der Waals surface area (Å²) in [6, 6.07) is 29.0. The molecule has 0 bridgehead atoms. The van der Waals surface area contributed by atoms with E-state index in [1.165, 1.54) is 0 Å². The minimum atomic E-state index is -0.659. The molecule has 0 saturated heterocycles. The van der Waals surface area contributed by atoms with Crippen molar-refractivity contribution in [2.75, 3.05) is 19.0 Å². The lowest BCUT2D eigenvalue weighted by Crippen LogP contribution is -2.39. The molecule has 0 aliphatic rings. The minimum absolute atomic E-state index is 0.659. The van der Waals surface area contributed by atoms with Gasteiger partial charge in [0, 0.05) is 19.8 Å². The number of rotatable bonds is 4. The van der Waals surface area contributed by atoms with Crippen LogP contribution in [-0.2, 0) is 5.54 Å². The van der Waals surface area contributed by atoms with Crippen molar-refractivity contribution in [2.45, 2.75) is 5.54 Å². The zero-order chi connectivity index (χ0) is 16.3. The molecular formula is C21H22N2. The molecule has 0 spiro atoms. The Hall–Kier alpha value is -2.58. The largest absolute Gasteiger partial charge is 0.378 e. The summed E-state index contributed by atoms with van der Waals surface area (Å²) in [5, 5.41) is 0. The number of anilines is 1. The molecule has 0 saturated carbocycles. The van der Waals surface area contributed by atoms with Gasteiger partial charge in [-0.15, -0.1) is 0 Å². The van der Waals surface area contributed by atoms with Gasteiger partial charge >= 0.3 is 0 Å². The van der Waals surface area contributed by atoms with E-state index in [2.05, 4.69) is 53.4 Å². The first kappa shape index (κ1) is 15.3. The summed E-state index contributed by atoms with van der Waals surface area (Å²) < 4.78 is 0. The molecule has 0 atom stereocenters. The van der Waals surface area contributed by atoms with Crippen LogP contribution in [0.5, 0.6) is 0 Å². The average molecular weight is 302 g/mol. The summed E-state index contributed by atoms with van der Waals surface area (Å²) >= 11 is 0. The molecule has 0 aliphatic carbocycles. The highest BCUT2D eigenvalue weighted by molar-refractivity contribution is 5.53. The highest BCUT2D eigenvalue weighted by atomic mass is 15.1. The van der Waals surface area contributed by atoms with Gasteiger partial charge in [0.1, 0.15) is 0 Å². The van der Waals surface area contributed by atoms with E-state index in [-0.39, 0.29) is 0 Å². The fourth-order valence-electron chi connectivity index (χ4n) is 2.92. The maximum Gasteiger partial charge on any atom is 0.0922 e. The Morgan fingerprint density at radius 2 is 1.00 bits per heavy atom. The fourth-order valence-corrected chi connectivity index (χ4v) is 2.92. The second-order valence-electron chi connectivity index (χ2n) is 5.98. The maximum atomic E-state index is 6.97. The Balaban J connectivity index is 2.16. The fraction of sp³-hybridized carbons (Fsp3) is 0.143. The van der Waals surface area contributed by atoms with Crippen molar-refractivity contribution in [3.63, 3.8) is 0 Å². The lowest BCUT2D eigenvalue weighted by molar-refractivity contribution is 0.653. The van der Waals surface area contributed by atoms with Crippen molar-refractivity contribution < 1.29 is 0 Å². The third kappa shape index (κ3) is 2.86. The summed E-state index contributed by atoms with van der Waals surface area (Å²) in [5.41, 5.74) is 10.7. The van der Waals surface area contributed by atoms with Crippen molar-refractivity contribution in [1.29, 1.82) is 0 Å². The van der Waals surface area contributed by atoms with Crippen LogP contribution in [-0.4, -0.2) is 14.1 Å². The van der Waals surface area contributed by atoms with Gasteiger partial charge in [0.15, 0.2) is 0 Å². The van der Waals surface area contributed by atoms with Crippen LogP contribution < -0.4 is 10.6 Å². The molecule has 3 rings (SSSR count). The highest BCUT2D eigenvalue weighted by Crippen LogP contribution is 2.34. The van der Waals surface area contributed by atoms with Gasteiger partial charge in [0.2, 0.25) is 0 Å². The van der Waals surface area contributed by atoms with Crippen LogP contribution in [0.15, 0.2) is 84.9 Å². The lowest BCUT2D eigenvalue weighted by atomic mass is 9.78. The van der Waals surface area contributed by atoms with Crippen LogP contribution in [0.1, 0.15) is 16.7 Å². The quantitative estimate of drug-likeness (QED) is 0.738. The maximum absolute atomic E-state index is 6.97. The van der Waals surface area contributed by atoms with E-state index in [1.807, 2.05) is 50.5 Å². The van der Waals surface area contributed by atoms with Gasteiger partial charge in [0.25, 0.3) is 0 Å². The van der Waals surface area contributed by atoms with Gasteiger partial charge < -0.3 is 10.6 Å². The van der Waals surface area contributed by atoms with Gasteiger partial charge in [-0.2, -0.15) is 0 Å². The molecule has 3 aromatic carbocycles. The van der Waals surface area contributed by atoms with Crippen molar-refractivity contribution in [3.05, 3.63) is 102 Å². The van der Waals surface area contributed by atoms with E-state index >= 15 is 0 Å². The summed E-state index contributed by atoms with van der Waals surface area (Å²) in [6.07, 6.45) is 0.